The number of rotatable bonds is 7. The lowest BCUT2D eigenvalue weighted by Gasteiger charge is -2.05. The van der Waals surface area contributed by atoms with Crippen molar-refractivity contribution in [2.45, 2.75) is 33.1 Å². The number of aryl methyl sites for hydroxylation is 1. The SMILES string of the molecule is CCCCc1ccc(N=Nc2ccc(-c3ccc(NC(C)=O)cc3)cc2)cc1. The number of benzene rings is 3. The van der Waals surface area contributed by atoms with Gasteiger partial charge in [-0.1, -0.05) is 49.7 Å². The molecule has 0 aliphatic rings. The van der Waals surface area contributed by atoms with Crippen LogP contribution < -0.4 is 5.32 Å². The zero-order valence-corrected chi connectivity index (χ0v) is 16.4. The fraction of sp³-hybridized carbons (Fsp3) is 0.208. The van der Waals surface area contributed by atoms with E-state index >= 15 is 0 Å². The summed E-state index contributed by atoms with van der Waals surface area (Å²) in [4.78, 5) is 11.1. The minimum Gasteiger partial charge on any atom is -0.326 e. The van der Waals surface area contributed by atoms with Gasteiger partial charge in [-0.15, -0.1) is 0 Å². The lowest BCUT2D eigenvalue weighted by atomic mass is 10.1. The molecule has 0 fully saturated rings. The monoisotopic (exact) mass is 371 g/mol. The molecule has 0 saturated heterocycles. The summed E-state index contributed by atoms with van der Waals surface area (Å²) in [6, 6.07) is 24.0. The van der Waals surface area contributed by atoms with Crippen LogP contribution >= 0.6 is 0 Å². The molecule has 0 heterocycles. The van der Waals surface area contributed by atoms with E-state index in [0.717, 1.165) is 34.6 Å². The van der Waals surface area contributed by atoms with E-state index in [1.54, 1.807) is 0 Å². The average molecular weight is 371 g/mol. The van der Waals surface area contributed by atoms with Gasteiger partial charge in [-0.05, 0) is 65.9 Å². The maximum absolute atomic E-state index is 11.1. The number of anilines is 1. The molecule has 142 valence electrons. The molecule has 1 N–H and O–H groups in total. The summed E-state index contributed by atoms with van der Waals surface area (Å²) in [5.41, 5.74) is 5.98. The lowest BCUT2D eigenvalue weighted by molar-refractivity contribution is -0.114. The Morgan fingerprint density at radius 3 is 1.79 bits per heavy atom. The number of carbonyl (C=O) groups is 1. The van der Waals surface area contributed by atoms with Crippen molar-refractivity contribution >= 4 is 23.0 Å². The first-order chi connectivity index (χ1) is 13.6. The minimum atomic E-state index is -0.0712. The Balaban J connectivity index is 1.63. The van der Waals surface area contributed by atoms with E-state index in [-0.39, 0.29) is 5.91 Å². The van der Waals surface area contributed by atoms with Crippen molar-refractivity contribution in [1.82, 2.24) is 0 Å². The van der Waals surface area contributed by atoms with Gasteiger partial charge in [0.25, 0.3) is 0 Å². The fourth-order valence-electron chi connectivity index (χ4n) is 2.90. The predicted molar refractivity (Wildman–Crippen MR) is 115 cm³/mol. The number of unbranched alkanes of at least 4 members (excludes halogenated alkanes) is 1. The average Bonchev–Trinajstić information content (AvgIpc) is 2.72. The standard InChI is InChI=1S/C24H25N3O/c1-3-4-5-19-6-12-23(13-7-19)26-27-24-16-10-21(11-17-24)20-8-14-22(15-9-20)25-18(2)28/h6-17H,3-5H2,1-2H3,(H,25,28). The van der Waals surface area contributed by atoms with Gasteiger partial charge in [-0.3, -0.25) is 4.79 Å². The summed E-state index contributed by atoms with van der Waals surface area (Å²) in [6.45, 7) is 3.71. The molecule has 0 saturated carbocycles. The molecule has 0 atom stereocenters. The summed E-state index contributed by atoms with van der Waals surface area (Å²) in [5, 5.41) is 11.4. The molecule has 3 rings (SSSR count). The van der Waals surface area contributed by atoms with Gasteiger partial charge < -0.3 is 5.32 Å². The van der Waals surface area contributed by atoms with Gasteiger partial charge in [-0.2, -0.15) is 10.2 Å². The quantitative estimate of drug-likeness (QED) is 0.444. The number of nitrogens with zero attached hydrogens (tertiary/aromatic N) is 2. The number of amides is 1. The highest BCUT2D eigenvalue weighted by Crippen LogP contribution is 2.25. The molecular formula is C24H25N3O. The Morgan fingerprint density at radius 2 is 1.29 bits per heavy atom. The summed E-state index contributed by atoms with van der Waals surface area (Å²) < 4.78 is 0. The van der Waals surface area contributed by atoms with Crippen molar-refractivity contribution in [3.05, 3.63) is 78.4 Å². The molecule has 0 aliphatic carbocycles. The Morgan fingerprint density at radius 1 is 0.786 bits per heavy atom. The third kappa shape index (κ3) is 5.61. The largest absolute Gasteiger partial charge is 0.326 e. The van der Waals surface area contributed by atoms with E-state index in [1.807, 2.05) is 60.7 Å². The van der Waals surface area contributed by atoms with Crippen molar-refractivity contribution in [1.29, 1.82) is 0 Å². The highest BCUT2D eigenvalue weighted by Gasteiger charge is 2.00. The zero-order valence-electron chi connectivity index (χ0n) is 16.4. The number of azo groups is 1. The molecule has 0 radical (unpaired) electrons. The Kier molecular flexibility index (Phi) is 6.68. The van der Waals surface area contributed by atoms with E-state index in [1.165, 1.54) is 25.3 Å². The van der Waals surface area contributed by atoms with E-state index in [0.29, 0.717) is 0 Å². The van der Waals surface area contributed by atoms with Crippen LogP contribution in [0, 0.1) is 0 Å². The molecule has 28 heavy (non-hydrogen) atoms. The first-order valence-corrected chi connectivity index (χ1v) is 9.63. The Labute approximate surface area is 166 Å². The van der Waals surface area contributed by atoms with Crippen molar-refractivity contribution in [3.8, 4) is 11.1 Å². The Bertz CT molecular complexity index is 927. The third-order valence-corrected chi connectivity index (χ3v) is 4.44. The van der Waals surface area contributed by atoms with Gasteiger partial charge in [0.2, 0.25) is 5.91 Å². The van der Waals surface area contributed by atoms with Crippen molar-refractivity contribution in [2.24, 2.45) is 10.2 Å². The summed E-state index contributed by atoms with van der Waals surface area (Å²) in [7, 11) is 0. The topological polar surface area (TPSA) is 53.8 Å². The molecule has 0 aromatic heterocycles. The van der Waals surface area contributed by atoms with Crippen LogP contribution in [0.5, 0.6) is 0 Å². The molecule has 0 bridgehead atoms. The van der Waals surface area contributed by atoms with Gasteiger partial charge in [0.1, 0.15) is 0 Å². The smallest absolute Gasteiger partial charge is 0.221 e. The second-order valence-electron chi connectivity index (χ2n) is 6.78. The van der Waals surface area contributed by atoms with Crippen LogP contribution in [0.25, 0.3) is 11.1 Å². The highest BCUT2D eigenvalue weighted by molar-refractivity contribution is 5.89. The molecule has 4 heteroatoms. The summed E-state index contributed by atoms with van der Waals surface area (Å²) in [6.07, 6.45) is 3.53. The van der Waals surface area contributed by atoms with Gasteiger partial charge in [-0.25, -0.2) is 0 Å². The third-order valence-electron chi connectivity index (χ3n) is 4.44. The van der Waals surface area contributed by atoms with E-state index in [2.05, 4.69) is 34.6 Å². The van der Waals surface area contributed by atoms with Crippen LogP contribution in [-0.4, -0.2) is 5.91 Å². The van der Waals surface area contributed by atoms with E-state index < -0.39 is 0 Å². The lowest BCUT2D eigenvalue weighted by Crippen LogP contribution is -2.05. The first-order valence-electron chi connectivity index (χ1n) is 9.63. The van der Waals surface area contributed by atoms with Gasteiger partial charge in [0.15, 0.2) is 0 Å². The fourth-order valence-corrected chi connectivity index (χ4v) is 2.90. The molecule has 0 spiro atoms. The zero-order chi connectivity index (χ0) is 19.8. The maximum Gasteiger partial charge on any atom is 0.221 e. The summed E-state index contributed by atoms with van der Waals surface area (Å²) >= 11 is 0. The molecule has 0 aliphatic heterocycles. The normalized spacial score (nSPS) is 10.9. The molecule has 3 aromatic rings. The second kappa shape index (κ2) is 9.60. The van der Waals surface area contributed by atoms with Gasteiger partial charge in [0.05, 0.1) is 11.4 Å². The van der Waals surface area contributed by atoms with Crippen LogP contribution in [0.3, 0.4) is 0 Å². The van der Waals surface area contributed by atoms with Crippen LogP contribution in [0.15, 0.2) is 83.0 Å². The van der Waals surface area contributed by atoms with Crippen LogP contribution in [0.1, 0.15) is 32.3 Å². The number of hydrogen-bond acceptors (Lipinski definition) is 3. The molecular weight excluding hydrogens is 346 g/mol. The second-order valence-corrected chi connectivity index (χ2v) is 6.78. The number of hydrogen-bond donors (Lipinski definition) is 1. The van der Waals surface area contributed by atoms with Crippen LogP contribution in [0.2, 0.25) is 0 Å². The molecule has 1 amide bonds. The first kappa shape index (κ1) is 19.5. The maximum atomic E-state index is 11.1. The Hall–Kier alpha value is -3.27. The molecule has 3 aromatic carbocycles. The van der Waals surface area contributed by atoms with Crippen LogP contribution in [-0.2, 0) is 11.2 Å². The van der Waals surface area contributed by atoms with Crippen molar-refractivity contribution in [2.75, 3.05) is 5.32 Å². The van der Waals surface area contributed by atoms with E-state index in [9.17, 15) is 4.79 Å². The predicted octanol–water partition coefficient (Wildman–Crippen LogP) is 7.07. The van der Waals surface area contributed by atoms with E-state index in [4.69, 9.17) is 0 Å². The number of carbonyl (C=O) groups excluding carboxylic acids is 1. The molecule has 0 unspecified atom stereocenters. The van der Waals surface area contributed by atoms with Gasteiger partial charge >= 0.3 is 0 Å². The van der Waals surface area contributed by atoms with Crippen LogP contribution in [0.4, 0.5) is 17.1 Å². The van der Waals surface area contributed by atoms with Gasteiger partial charge in [0, 0.05) is 12.6 Å². The molecule has 4 nitrogen and oxygen atoms in total. The van der Waals surface area contributed by atoms with Crippen molar-refractivity contribution in [3.63, 3.8) is 0 Å². The summed E-state index contributed by atoms with van der Waals surface area (Å²) in [5.74, 6) is -0.0712. The van der Waals surface area contributed by atoms with Crippen molar-refractivity contribution < 1.29 is 4.79 Å². The highest BCUT2D eigenvalue weighted by atomic mass is 16.1. The minimum absolute atomic E-state index is 0.0712. The number of nitrogens with one attached hydrogen (secondary N) is 1.